The van der Waals surface area contributed by atoms with Gasteiger partial charge in [0, 0.05) is 27.2 Å². The minimum atomic E-state index is -0.673. The molecule has 27 heavy (non-hydrogen) atoms. The first kappa shape index (κ1) is 20.3. The van der Waals surface area contributed by atoms with Crippen molar-refractivity contribution in [3.8, 4) is 0 Å². The molecule has 0 aliphatic carbocycles. The second kappa shape index (κ2) is 7.68. The number of hydrogen-bond donors (Lipinski definition) is 0. The van der Waals surface area contributed by atoms with Crippen LogP contribution in [0.4, 0.5) is 15.8 Å². The number of carbonyl (C=O) groups excluding carboxylic acids is 1. The molecule has 0 unspecified atom stereocenters. The summed E-state index contributed by atoms with van der Waals surface area (Å²) in [5, 5.41) is 19.0. The van der Waals surface area contributed by atoms with Crippen molar-refractivity contribution in [2.24, 2.45) is 0 Å². The van der Waals surface area contributed by atoms with Crippen LogP contribution in [0.15, 0.2) is 24.4 Å². The first-order valence-corrected chi connectivity index (χ1v) is 8.34. The molecule has 1 aromatic carbocycles. The van der Waals surface area contributed by atoms with E-state index in [1.165, 1.54) is 17.0 Å². The van der Waals surface area contributed by atoms with Crippen LogP contribution >= 0.6 is 0 Å². The summed E-state index contributed by atoms with van der Waals surface area (Å²) in [6.07, 6.45) is 1.59. The maximum Gasteiger partial charge on any atom is 0.295 e. The molecule has 1 heterocycles. The Labute approximate surface area is 156 Å². The fraction of sp³-hybridized carbons (Fsp3) is 0.471. The lowest BCUT2D eigenvalue weighted by atomic mass is 10.1. The molecule has 2 aromatic rings. The lowest BCUT2D eigenvalue weighted by Crippen LogP contribution is -2.35. The Kier molecular flexibility index (Phi) is 5.77. The van der Waals surface area contributed by atoms with Gasteiger partial charge in [0.1, 0.15) is 11.5 Å². The number of amides is 1. The summed E-state index contributed by atoms with van der Waals surface area (Å²) in [4.78, 5) is 26.0. The highest BCUT2D eigenvalue weighted by molar-refractivity contribution is 5.91. The molecule has 2 rings (SSSR count). The Morgan fingerprint density at radius 1 is 1.30 bits per heavy atom. The van der Waals surface area contributed by atoms with Gasteiger partial charge in [-0.1, -0.05) is 5.21 Å². The van der Waals surface area contributed by atoms with Crippen molar-refractivity contribution in [3.05, 3.63) is 46.0 Å². The molecule has 0 aliphatic rings. The lowest BCUT2D eigenvalue weighted by molar-refractivity contribution is -0.384. The highest BCUT2D eigenvalue weighted by Crippen LogP contribution is 2.27. The van der Waals surface area contributed by atoms with E-state index < -0.39 is 10.7 Å². The van der Waals surface area contributed by atoms with Crippen molar-refractivity contribution in [2.45, 2.75) is 26.3 Å². The quantitative estimate of drug-likeness (QED) is 0.565. The SMILES string of the molecule is CN(CCN(C)c1ccc(F)cc1[N+](=O)[O-])C(=O)c1cn(C(C)(C)C)nn1. The van der Waals surface area contributed by atoms with Gasteiger partial charge >= 0.3 is 0 Å². The van der Waals surface area contributed by atoms with Gasteiger partial charge < -0.3 is 9.80 Å². The molecule has 0 aliphatic heterocycles. The summed E-state index contributed by atoms with van der Waals surface area (Å²) in [6.45, 7) is 6.47. The Hall–Kier alpha value is -3.04. The maximum absolute atomic E-state index is 13.3. The van der Waals surface area contributed by atoms with Gasteiger partial charge in [0.2, 0.25) is 0 Å². The van der Waals surface area contributed by atoms with E-state index in [1.807, 2.05) is 20.8 Å². The third-order valence-electron chi connectivity index (χ3n) is 4.06. The van der Waals surface area contributed by atoms with Crippen molar-refractivity contribution in [1.82, 2.24) is 19.9 Å². The monoisotopic (exact) mass is 378 g/mol. The number of likely N-dealkylation sites (N-methyl/N-ethyl adjacent to an activating group) is 2. The van der Waals surface area contributed by atoms with Gasteiger partial charge in [-0.15, -0.1) is 5.10 Å². The van der Waals surface area contributed by atoms with Gasteiger partial charge in [-0.2, -0.15) is 0 Å². The summed E-state index contributed by atoms with van der Waals surface area (Å²) in [5.74, 6) is -0.972. The van der Waals surface area contributed by atoms with Gasteiger partial charge in [0.05, 0.1) is 22.7 Å². The molecule has 0 radical (unpaired) electrons. The number of benzene rings is 1. The van der Waals surface area contributed by atoms with Gasteiger partial charge in [-0.05, 0) is 32.9 Å². The van der Waals surface area contributed by atoms with Crippen molar-refractivity contribution in [3.63, 3.8) is 0 Å². The van der Waals surface area contributed by atoms with Crippen molar-refractivity contribution in [2.75, 3.05) is 32.1 Å². The molecule has 0 saturated carbocycles. The Morgan fingerprint density at radius 3 is 2.52 bits per heavy atom. The topological polar surface area (TPSA) is 97.4 Å². The third kappa shape index (κ3) is 4.78. The van der Waals surface area contributed by atoms with Crippen LogP contribution in [0, 0.1) is 15.9 Å². The van der Waals surface area contributed by atoms with Crippen molar-refractivity contribution in [1.29, 1.82) is 0 Å². The molecule has 0 N–H and O–H groups in total. The molecular formula is C17H23FN6O3. The van der Waals surface area contributed by atoms with Gasteiger partial charge in [-0.25, -0.2) is 9.07 Å². The average Bonchev–Trinajstić information content (AvgIpc) is 3.08. The maximum atomic E-state index is 13.3. The number of carbonyl (C=O) groups is 1. The first-order chi connectivity index (χ1) is 12.5. The number of nitro groups is 1. The zero-order chi connectivity index (χ0) is 20.4. The summed E-state index contributed by atoms with van der Waals surface area (Å²) >= 11 is 0. The van der Waals surface area contributed by atoms with Crippen LogP contribution in [0.25, 0.3) is 0 Å². The van der Waals surface area contributed by atoms with Crippen molar-refractivity contribution < 1.29 is 14.1 Å². The molecule has 0 spiro atoms. The molecule has 10 heteroatoms. The molecule has 0 bridgehead atoms. The molecular weight excluding hydrogens is 355 g/mol. The fourth-order valence-electron chi connectivity index (χ4n) is 2.37. The summed E-state index contributed by atoms with van der Waals surface area (Å²) in [6, 6.07) is 3.40. The fourth-order valence-corrected chi connectivity index (χ4v) is 2.37. The van der Waals surface area contributed by atoms with Gasteiger partial charge in [0.25, 0.3) is 11.6 Å². The Bertz CT molecular complexity index is 845. The Morgan fingerprint density at radius 2 is 1.96 bits per heavy atom. The molecule has 0 atom stereocenters. The molecule has 0 fully saturated rings. The number of nitro benzene ring substituents is 1. The molecule has 0 saturated heterocycles. The standard InChI is InChI=1S/C17H23FN6O3/c1-17(2,3)23-11-13(19-20-23)16(25)22(5)9-8-21(4)14-7-6-12(18)10-15(14)24(26)27/h6-7,10-11H,8-9H2,1-5H3. The van der Waals surface area contributed by atoms with Crippen LogP contribution in [0.3, 0.4) is 0 Å². The van der Waals surface area contributed by atoms with Crippen molar-refractivity contribution >= 4 is 17.3 Å². The smallest absolute Gasteiger partial charge is 0.295 e. The third-order valence-corrected chi connectivity index (χ3v) is 4.06. The van der Waals surface area contributed by atoms with E-state index in [9.17, 15) is 19.3 Å². The first-order valence-electron chi connectivity index (χ1n) is 8.34. The normalized spacial score (nSPS) is 11.3. The van der Waals surface area contributed by atoms with Crippen LogP contribution in [0.5, 0.6) is 0 Å². The second-order valence-electron chi connectivity index (χ2n) is 7.26. The lowest BCUT2D eigenvalue weighted by Gasteiger charge is -2.23. The van der Waals surface area contributed by atoms with Crippen LogP contribution < -0.4 is 4.90 Å². The summed E-state index contributed by atoms with van der Waals surface area (Å²) in [7, 11) is 3.26. The number of anilines is 1. The highest BCUT2D eigenvalue weighted by atomic mass is 19.1. The molecule has 1 amide bonds. The number of halogens is 1. The second-order valence-corrected chi connectivity index (χ2v) is 7.26. The molecule has 9 nitrogen and oxygen atoms in total. The predicted octanol–water partition coefficient (Wildman–Crippen LogP) is 2.29. The van der Waals surface area contributed by atoms with Crippen LogP contribution in [0.2, 0.25) is 0 Å². The zero-order valence-electron chi connectivity index (χ0n) is 16.0. The number of nitrogens with zero attached hydrogens (tertiary/aromatic N) is 6. The summed E-state index contributed by atoms with van der Waals surface area (Å²) < 4.78 is 14.9. The largest absolute Gasteiger partial charge is 0.367 e. The van der Waals surface area contributed by atoms with Crippen LogP contribution in [0.1, 0.15) is 31.3 Å². The number of rotatable bonds is 6. The minimum Gasteiger partial charge on any atom is -0.367 e. The highest BCUT2D eigenvalue weighted by Gasteiger charge is 2.22. The number of hydrogen-bond acceptors (Lipinski definition) is 6. The summed E-state index contributed by atoms with van der Waals surface area (Å²) in [5.41, 5.74) is -0.102. The average molecular weight is 378 g/mol. The molecule has 146 valence electrons. The van der Waals surface area contributed by atoms with Crippen LogP contribution in [-0.4, -0.2) is 57.9 Å². The van der Waals surface area contributed by atoms with E-state index in [0.29, 0.717) is 13.1 Å². The van der Waals surface area contributed by atoms with Gasteiger partial charge in [-0.3, -0.25) is 14.9 Å². The number of aromatic nitrogens is 3. The van der Waals surface area contributed by atoms with E-state index in [2.05, 4.69) is 10.3 Å². The van der Waals surface area contributed by atoms with E-state index in [0.717, 1.165) is 6.07 Å². The molecule has 1 aromatic heterocycles. The van der Waals surface area contributed by atoms with Crippen LogP contribution in [-0.2, 0) is 5.54 Å². The zero-order valence-corrected chi connectivity index (χ0v) is 16.0. The van der Waals surface area contributed by atoms with E-state index in [1.54, 1.807) is 29.9 Å². The van der Waals surface area contributed by atoms with Gasteiger partial charge in [0.15, 0.2) is 5.69 Å². The minimum absolute atomic E-state index is 0.225. The van der Waals surface area contributed by atoms with E-state index in [4.69, 9.17) is 0 Å². The predicted molar refractivity (Wildman–Crippen MR) is 98.3 cm³/mol. The Balaban J connectivity index is 2.05. The van der Waals surface area contributed by atoms with E-state index >= 15 is 0 Å². The van der Waals surface area contributed by atoms with E-state index in [-0.39, 0.29) is 28.5 Å².